The Bertz CT molecular complexity index is 910. The van der Waals surface area contributed by atoms with E-state index in [-0.39, 0.29) is 17.6 Å². The molecule has 0 spiro atoms. The molecule has 2 saturated heterocycles. The second kappa shape index (κ2) is 10.6. The first-order chi connectivity index (χ1) is 15.5. The molecule has 2 aliphatic heterocycles. The second-order valence-corrected chi connectivity index (χ2v) is 9.70. The van der Waals surface area contributed by atoms with Crippen molar-refractivity contribution in [3.63, 3.8) is 0 Å². The molecule has 4 rings (SSSR count). The highest BCUT2D eigenvalue weighted by atomic mass is 19.1. The van der Waals surface area contributed by atoms with E-state index in [9.17, 15) is 9.18 Å². The number of likely N-dealkylation sites (tertiary alicyclic amines) is 1. The van der Waals surface area contributed by atoms with Gasteiger partial charge < -0.3 is 10.2 Å². The van der Waals surface area contributed by atoms with Crippen LogP contribution in [-0.2, 0) is 4.79 Å². The minimum Gasteiger partial charge on any atom is -0.326 e. The molecule has 2 aromatic rings. The third kappa shape index (κ3) is 6.15. The number of hydrazine groups is 1. The van der Waals surface area contributed by atoms with E-state index in [1.165, 1.54) is 25.0 Å². The highest BCUT2D eigenvalue weighted by molar-refractivity contribution is 5.93. The average Bonchev–Trinajstić information content (AvgIpc) is 3.20. The summed E-state index contributed by atoms with van der Waals surface area (Å²) in [4.78, 5) is 15.3. The fraction of sp³-hybridized carbons (Fsp3) is 0.500. The fourth-order valence-electron chi connectivity index (χ4n) is 4.92. The lowest BCUT2D eigenvalue weighted by molar-refractivity contribution is -0.121. The Labute approximate surface area is 190 Å². The van der Waals surface area contributed by atoms with Crippen molar-refractivity contribution in [1.82, 2.24) is 15.8 Å². The highest BCUT2D eigenvalue weighted by Crippen LogP contribution is 2.25. The molecular weight excluding hydrogens is 403 g/mol. The van der Waals surface area contributed by atoms with Crippen LogP contribution in [0.15, 0.2) is 48.5 Å². The van der Waals surface area contributed by atoms with Crippen LogP contribution >= 0.6 is 0 Å². The number of piperidine rings is 1. The molecule has 1 amide bonds. The molecule has 172 valence electrons. The maximum Gasteiger partial charge on any atom is 0.227 e. The summed E-state index contributed by atoms with van der Waals surface area (Å²) in [6.07, 6.45) is 4.13. The zero-order chi connectivity index (χ0) is 22.5. The van der Waals surface area contributed by atoms with E-state index in [0.717, 1.165) is 49.3 Å². The second-order valence-electron chi connectivity index (χ2n) is 9.70. The van der Waals surface area contributed by atoms with Crippen molar-refractivity contribution in [3.05, 3.63) is 54.3 Å². The van der Waals surface area contributed by atoms with Gasteiger partial charge in [-0.15, -0.1) is 0 Å². The standard InChI is InChI=1S/C26H35FN4O/c1-18(2)13-24-16-25(30-29-24)17-31-11-9-19(10-12-31)26(32)28-23-8-4-6-21(15-23)20-5-3-7-22(27)14-20/h3-8,14-15,18-19,24-25,29-30H,9-13,16-17H2,1-2H3,(H,28,32). The van der Waals surface area contributed by atoms with Crippen molar-refractivity contribution in [2.45, 2.75) is 51.6 Å². The zero-order valence-electron chi connectivity index (χ0n) is 19.1. The van der Waals surface area contributed by atoms with Crippen LogP contribution in [0.3, 0.4) is 0 Å². The average molecular weight is 439 g/mol. The number of nitrogens with zero attached hydrogens (tertiary/aromatic N) is 1. The molecule has 32 heavy (non-hydrogen) atoms. The van der Waals surface area contributed by atoms with E-state index in [0.29, 0.717) is 18.0 Å². The van der Waals surface area contributed by atoms with Crippen molar-refractivity contribution < 1.29 is 9.18 Å². The minimum atomic E-state index is -0.261. The molecule has 2 fully saturated rings. The van der Waals surface area contributed by atoms with Gasteiger partial charge in [-0.3, -0.25) is 15.6 Å². The summed E-state index contributed by atoms with van der Waals surface area (Å²) < 4.78 is 13.6. The van der Waals surface area contributed by atoms with Gasteiger partial charge in [-0.25, -0.2) is 4.39 Å². The van der Waals surface area contributed by atoms with Gasteiger partial charge in [0, 0.05) is 30.2 Å². The molecule has 2 heterocycles. The summed E-state index contributed by atoms with van der Waals surface area (Å²) in [5.41, 5.74) is 9.35. The number of benzene rings is 2. The maximum absolute atomic E-state index is 13.6. The number of amides is 1. The van der Waals surface area contributed by atoms with Crippen molar-refractivity contribution in [2.75, 3.05) is 25.0 Å². The third-order valence-corrected chi connectivity index (χ3v) is 6.54. The quantitative estimate of drug-likeness (QED) is 0.599. The van der Waals surface area contributed by atoms with Gasteiger partial charge in [0.15, 0.2) is 0 Å². The van der Waals surface area contributed by atoms with Crippen LogP contribution in [0.4, 0.5) is 10.1 Å². The van der Waals surface area contributed by atoms with Crippen LogP contribution < -0.4 is 16.2 Å². The van der Waals surface area contributed by atoms with Gasteiger partial charge in [-0.1, -0.05) is 38.1 Å². The largest absolute Gasteiger partial charge is 0.326 e. The van der Waals surface area contributed by atoms with E-state index < -0.39 is 0 Å². The van der Waals surface area contributed by atoms with Crippen molar-refractivity contribution in [3.8, 4) is 11.1 Å². The number of hydrogen-bond acceptors (Lipinski definition) is 4. The molecule has 2 aliphatic rings. The number of rotatable bonds is 7. The minimum absolute atomic E-state index is 0.0347. The monoisotopic (exact) mass is 438 g/mol. The molecule has 0 aromatic heterocycles. The lowest BCUT2D eigenvalue weighted by Gasteiger charge is -2.32. The first-order valence-corrected chi connectivity index (χ1v) is 11.9. The topological polar surface area (TPSA) is 56.4 Å². The number of hydrogen-bond donors (Lipinski definition) is 3. The van der Waals surface area contributed by atoms with Crippen molar-refractivity contribution in [1.29, 1.82) is 0 Å². The van der Waals surface area contributed by atoms with Gasteiger partial charge in [0.05, 0.1) is 0 Å². The number of anilines is 1. The molecule has 0 saturated carbocycles. The van der Waals surface area contributed by atoms with Crippen molar-refractivity contribution in [2.24, 2.45) is 11.8 Å². The molecular formula is C26H35FN4O. The number of carbonyl (C=O) groups excluding carboxylic acids is 1. The van der Waals surface area contributed by atoms with E-state index >= 15 is 0 Å². The number of carbonyl (C=O) groups is 1. The smallest absolute Gasteiger partial charge is 0.227 e. The molecule has 6 heteroatoms. The van der Waals surface area contributed by atoms with Gasteiger partial charge in [0.25, 0.3) is 0 Å². The fourth-order valence-corrected chi connectivity index (χ4v) is 4.92. The Morgan fingerprint density at radius 2 is 1.75 bits per heavy atom. The summed E-state index contributed by atoms with van der Waals surface area (Å²) in [6.45, 7) is 7.47. The normalized spacial score (nSPS) is 22.4. The SMILES string of the molecule is CC(C)CC1CC(CN2CCC(C(=O)Nc3cccc(-c4cccc(F)c4)c3)CC2)NN1. The predicted molar refractivity (Wildman–Crippen MR) is 128 cm³/mol. The summed E-state index contributed by atoms with van der Waals surface area (Å²) in [6, 6.07) is 15.2. The Balaban J connectivity index is 1.25. The van der Waals surface area contributed by atoms with Crippen LogP contribution in [0, 0.1) is 17.7 Å². The summed E-state index contributed by atoms with van der Waals surface area (Å²) in [5, 5.41) is 3.07. The first-order valence-electron chi connectivity index (χ1n) is 11.9. The van der Waals surface area contributed by atoms with Gasteiger partial charge in [-0.2, -0.15) is 0 Å². The molecule has 3 N–H and O–H groups in total. The first kappa shape index (κ1) is 22.9. The third-order valence-electron chi connectivity index (χ3n) is 6.54. The number of halogens is 1. The zero-order valence-corrected chi connectivity index (χ0v) is 19.1. The Hall–Kier alpha value is -2.28. The molecule has 0 aliphatic carbocycles. The molecule has 2 atom stereocenters. The predicted octanol–water partition coefficient (Wildman–Crippen LogP) is 4.42. The highest BCUT2D eigenvalue weighted by Gasteiger charge is 2.29. The van der Waals surface area contributed by atoms with Crippen molar-refractivity contribution >= 4 is 11.6 Å². The van der Waals surface area contributed by atoms with E-state index in [4.69, 9.17) is 0 Å². The summed E-state index contributed by atoms with van der Waals surface area (Å²) in [7, 11) is 0. The maximum atomic E-state index is 13.6. The number of nitrogens with one attached hydrogen (secondary N) is 3. The van der Waals surface area contributed by atoms with Crippen LogP contribution in [-0.4, -0.2) is 42.5 Å². The Morgan fingerprint density at radius 3 is 2.47 bits per heavy atom. The van der Waals surface area contributed by atoms with Crippen LogP contribution in [0.25, 0.3) is 11.1 Å². The lowest BCUT2D eigenvalue weighted by atomic mass is 9.94. The molecule has 0 bridgehead atoms. The lowest BCUT2D eigenvalue weighted by Crippen LogP contribution is -2.45. The molecule has 0 radical (unpaired) electrons. The van der Waals surface area contributed by atoms with Gasteiger partial charge in [0.1, 0.15) is 5.82 Å². The Morgan fingerprint density at radius 1 is 1.06 bits per heavy atom. The van der Waals surface area contributed by atoms with E-state index in [2.05, 4.69) is 34.9 Å². The van der Waals surface area contributed by atoms with Gasteiger partial charge in [-0.05, 0) is 80.1 Å². The summed E-state index contributed by atoms with van der Waals surface area (Å²) >= 11 is 0. The van der Waals surface area contributed by atoms with E-state index in [1.807, 2.05) is 30.3 Å². The van der Waals surface area contributed by atoms with Crippen LogP contribution in [0.1, 0.15) is 39.5 Å². The van der Waals surface area contributed by atoms with Crippen LogP contribution in [0.5, 0.6) is 0 Å². The van der Waals surface area contributed by atoms with Crippen LogP contribution in [0.2, 0.25) is 0 Å². The molecule has 2 unspecified atom stereocenters. The van der Waals surface area contributed by atoms with Gasteiger partial charge in [0.2, 0.25) is 5.91 Å². The molecule has 2 aromatic carbocycles. The summed E-state index contributed by atoms with van der Waals surface area (Å²) in [5.74, 6) is 0.561. The van der Waals surface area contributed by atoms with E-state index in [1.54, 1.807) is 6.07 Å². The Kier molecular flexibility index (Phi) is 7.55. The van der Waals surface area contributed by atoms with Gasteiger partial charge >= 0.3 is 0 Å². The molecule has 5 nitrogen and oxygen atoms in total.